The van der Waals surface area contributed by atoms with Gasteiger partial charge < -0.3 is 10.6 Å². The lowest BCUT2D eigenvalue weighted by atomic mass is 10.1. The van der Waals surface area contributed by atoms with Crippen LogP contribution < -0.4 is 5.73 Å². The van der Waals surface area contributed by atoms with Gasteiger partial charge in [-0.05, 0) is 30.7 Å². The first kappa shape index (κ1) is 12.4. The summed E-state index contributed by atoms with van der Waals surface area (Å²) in [5.74, 6) is 1.20. The molecule has 94 valence electrons. The lowest BCUT2D eigenvalue weighted by Gasteiger charge is -2.27. The maximum absolute atomic E-state index is 6.03. The Morgan fingerprint density at radius 2 is 2.24 bits per heavy atom. The fraction of sp³-hybridized carbons (Fsp3) is 0.615. The molecule has 2 rings (SSSR count). The average Bonchev–Trinajstić information content (AvgIpc) is 2.90. The van der Waals surface area contributed by atoms with Crippen LogP contribution in [0.1, 0.15) is 37.0 Å². The van der Waals surface area contributed by atoms with Crippen LogP contribution in [0.3, 0.4) is 0 Å². The van der Waals surface area contributed by atoms with Crippen molar-refractivity contribution in [2.45, 2.75) is 32.1 Å². The number of rotatable bonds is 3. The van der Waals surface area contributed by atoms with Gasteiger partial charge in [-0.1, -0.05) is 13.0 Å². The molecule has 1 aliphatic heterocycles. The van der Waals surface area contributed by atoms with Crippen LogP contribution in [0.5, 0.6) is 0 Å². The van der Waals surface area contributed by atoms with Crippen LogP contribution in [0.2, 0.25) is 0 Å². The number of hydrogen-bond donors (Lipinski definition) is 1. The number of nitrogens with two attached hydrogens (primary N) is 1. The van der Waals surface area contributed by atoms with Crippen LogP contribution in [0.4, 0.5) is 0 Å². The molecule has 0 radical (unpaired) electrons. The minimum atomic E-state index is 0.471. The molecule has 0 aliphatic carbocycles. The van der Waals surface area contributed by atoms with Gasteiger partial charge in [0.2, 0.25) is 0 Å². The maximum Gasteiger partial charge on any atom is 0.191 e. The molecule has 1 aromatic heterocycles. The molecule has 0 aromatic carbocycles. The van der Waals surface area contributed by atoms with Crippen LogP contribution in [0.15, 0.2) is 22.5 Å². The average molecular weight is 251 g/mol. The first-order valence-corrected chi connectivity index (χ1v) is 7.23. The Morgan fingerprint density at radius 3 is 2.88 bits per heavy atom. The predicted molar refractivity (Wildman–Crippen MR) is 74.6 cm³/mol. The van der Waals surface area contributed by atoms with Gasteiger partial charge in [0, 0.05) is 23.9 Å². The lowest BCUT2D eigenvalue weighted by molar-refractivity contribution is 0.338. The number of piperidine rings is 1. The van der Waals surface area contributed by atoms with E-state index in [2.05, 4.69) is 34.3 Å². The van der Waals surface area contributed by atoms with Crippen molar-refractivity contribution >= 4 is 17.3 Å². The quantitative estimate of drug-likeness (QED) is 0.663. The summed E-state index contributed by atoms with van der Waals surface area (Å²) in [5, 5.41) is 2.11. The number of aliphatic imine (C=N–C) groups is 1. The highest BCUT2D eigenvalue weighted by molar-refractivity contribution is 7.10. The van der Waals surface area contributed by atoms with Gasteiger partial charge >= 0.3 is 0 Å². The predicted octanol–water partition coefficient (Wildman–Crippen LogP) is 2.65. The third-order valence-electron chi connectivity index (χ3n) is 3.24. The van der Waals surface area contributed by atoms with Crippen molar-refractivity contribution in [3.63, 3.8) is 0 Å². The Bertz CT molecular complexity index is 353. The molecule has 1 saturated heterocycles. The van der Waals surface area contributed by atoms with Crippen molar-refractivity contribution in [3.8, 4) is 0 Å². The summed E-state index contributed by atoms with van der Waals surface area (Å²) in [4.78, 5) is 8.13. The van der Waals surface area contributed by atoms with Crippen LogP contribution in [0, 0.1) is 0 Å². The standard InChI is InChI=1S/C13H21N3S/c1-11(12-6-5-9-17-12)10-15-13(14)16-7-3-2-4-8-16/h5-6,9,11H,2-4,7-8,10H2,1H3,(H2,14,15). The van der Waals surface area contributed by atoms with Crippen molar-refractivity contribution in [1.29, 1.82) is 0 Å². The molecular weight excluding hydrogens is 230 g/mol. The molecule has 0 spiro atoms. The zero-order valence-electron chi connectivity index (χ0n) is 10.4. The van der Waals surface area contributed by atoms with Crippen molar-refractivity contribution < 1.29 is 0 Å². The lowest BCUT2D eigenvalue weighted by Crippen LogP contribution is -2.41. The van der Waals surface area contributed by atoms with E-state index in [4.69, 9.17) is 5.73 Å². The summed E-state index contributed by atoms with van der Waals surface area (Å²) in [6.45, 7) is 5.15. The summed E-state index contributed by atoms with van der Waals surface area (Å²) in [7, 11) is 0. The number of nitrogens with zero attached hydrogens (tertiary/aromatic N) is 2. The van der Waals surface area contributed by atoms with Crippen LogP contribution in [0.25, 0.3) is 0 Å². The molecule has 1 unspecified atom stereocenters. The van der Waals surface area contributed by atoms with Gasteiger partial charge in [0.05, 0.1) is 6.54 Å². The van der Waals surface area contributed by atoms with E-state index in [0.29, 0.717) is 5.92 Å². The molecule has 3 nitrogen and oxygen atoms in total. The van der Waals surface area contributed by atoms with Gasteiger partial charge in [-0.2, -0.15) is 0 Å². The smallest absolute Gasteiger partial charge is 0.191 e. The van der Waals surface area contributed by atoms with Crippen molar-refractivity contribution in [2.75, 3.05) is 19.6 Å². The van der Waals surface area contributed by atoms with Gasteiger partial charge in [0.15, 0.2) is 5.96 Å². The summed E-state index contributed by atoms with van der Waals surface area (Å²) in [6, 6.07) is 4.26. The van der Waals surface area contributed by atoms with E-state index in [1.54, 1.807) is 11.3 Å². The van der Waals surface area contributed by atoms with E-state index in [1.165, 1.54) is 24.1 Å². The Balaban J connectivity index is 1.86. The second-order valence-electron chi connectivity index (χ2n) is 4.66. The third-order valence-corrected chi connectivity index (χ3v) is 4.34. The van der Waals surface area contributed by atoms with Crippen LogP contribution in [-0.2, 0) is 0 Å². The van der Waals surface area contributed by atoms with Crippen molar-refractivity contribution in [2.24, 2.45) is 10.7 Å². The fourth-order valence-electron chi connectivity index (χ4n) is 2.12. The highest BCUT2D eigenvalue weighted by Crippen LogP contribution is 2.20. The molecular formula is C13H21N3S. The second kappa shape index (κ2) is 6.05. The van der Waals surface area contributed by atoms with E-state index in [-0.39, 0.29) is 0 Å². The van der Waals surface area contributed by atoms with E-state index >= 15 is 0 Å². The molecule has 1 atom stereocenters. The van der Waals surface area contributed by atoms with E-state index in [0.717, 1.165) is 25.6 Å². The summed E-state index contributed by atoms with van der Waals surface area (Å²) < 4.78 is 0. The Morgan fingerprint density at radius 1 is 1.47 bits per heavy atom. The first-order valence-electron chi connectivity index (χ1n) is 6.35. The molecule has 0 bridgehead atoms. The topological polar surface area (TPSA) is 41.6 Å². The number of guanidine groups is 1. The monoisotopic (exact) mass is 251 g/mol. The second-order valence-corrected chi connectivity index (χ2v) is 5.64. The summed E-state index contributed by atoms with van der Waals surface area (Å²) in [5.41, 5.74) is 6.03. The number of hydrogen-bond acceptors (Lipinski definition) is 2. The zero-order valence-corrected chi connectivity index (χ0v) is 11.2. The number of likely N-dealkylation sites (tertiary alicyclic amines) is 1. The Hall–Kier alpha value is -1.03. The molecule has 1 fully saturated rings. The van der Waals surface area contributed by atoms with Gasteiger partial charge in [0.1, 0.15) is 0 Å². The highest BCUT2D eigenvalue weighted by atomic mass is 32.1. The first-order chi connectivity index (χ1) is 8.27. The van der Waals surface area contributed by atoms with Crippen LogP contribution >= 0.6 is 11.3 Å². The molecule has 1 aromatic rings. The maximum atomic E-state index is 6.03. The summed E-state index contributed by atoms with van der Waals surface area (Å²) >= 11 is 1.79. The highest BCUT2D eigenvalue weighted by Gasteiger charge is 2.12. The van der Waals surface area contributed by atoms with Gasteiger partial charge in [0.25, 0.3) is 0 Å². The zero-order chi connectivity index (χ0) is 12.1. The normalized spacial score (nSPS) is 19.4. The fourth-order valence-corrected chi connectivity index (χ4v) is 2.89. The molecule has 1 aliphatic rings. The van der Waals surface area contributed by atoms with Gasteiger partial charge in [-0.3, -0.25) is 4.99 Å². The molecule has 0 saturated carbocycles. The summed E-state index contributed by atoms with van der Waals surface area (Å²) in [6.07, 6.45) is 3.82. The minimum absolute atomic E-state index is 0.471. The molecule has 2 heterocycles. The van der Waals surface area contributed by atoms with E-state index in [9.17, 15) is 0 Å². The number of thiophene rings is 1. The molecule has 2 N–H and O–H groups in total. The third kappa shape index (κ3) is 3.46. The van der Waals surface area contributed by atoms with Gasteiger partial charge in [-0.25, -0.2) is 0 Å². The largest absolute Gasteiger partial charge is 0.370 e. The van der Waals surface area contributed by atoms with Gasteiger partial charge in [-0.15, -0.1) is 11.3 Å². The van der Waals surface area contributed by atoms with Crippen LogP contribution in [-0.4, -0.2) is 30.5 Å². The minimum Gasteiger partial charge on any atom is -0.370 e. The van der Waals surface area contributed by atoms with E-state index in [1.807, 2.05) is 0 Å². The SMILES string of the molecule is CC(CN=C(N)N1CCCCC1)c1cccs1. The molecule has 17 heavy (non-hydrogen) atoms. The molecule has 0 amide bonds. The Kier molecular flexibility index (Phi) is 4.42. The van der Waals surface area contributed by atoms with E-state index < -0.39 is 0 Å². The molecule has 4 heteroatoms. The van der Waals surface area contributed by atoms with Crippen molar-refractivity contribution in [3.05, 3.63) is 22.4 Å². The van der Waals surface area contributed by atoms with Crippen molar-refractivity contribution in [1.82, 2.24) is 4.90 Å². The Labute approximate surface area is 107 Å².